The van der Waals surface area contributed by atoms with Gasteiger partial charge < -0.3 is 14.5 Å². The van der Waals surface area contributed by atoms with E-state index in [1.54, 1.807) is 32.0 Å². The molecule has 2 heterocycles. The maximum atomic E-state index is 13.1. The highest BCUT2D eigenvalue weighted by molar-refractivity contribution is 7.89. The zero-order valence-electron chi connectivity index (χ0n) is 18.1. The van der Waals surface area contributed by atoms with Crippen LogP contribution in [0, 0.1) is 6.92 Å². The lowest BCUT2D eigenvalue weighted by molar-refractivity contribution is -0.116. The highest BCUT2D eigenvalue weighted by Gasteiger charge is 2.30. The number of ether oxygens (including phenoxy) is 1. The van der Waals surface area contributed by atoms with Crippen molar-refractivity contribution in [1.29, 1.82) is 0 Å². The highest BCUT2D eigenvalue weighted by atomic mass is 32.2. The van der Waals surface area contributed by atoms with Crippen molar-refractivity contribution in [2.45, 2.75) is 51.3 Å². The molecule has 0 unspecified atom stereocenters. The Hall–Kier alpha value is -2.65. The van der Waals surface area contributed by atoms with E-state index in [2.05, 4.69) is 5.32 Å². The zero-order valence-corrected chi connectivity index (χ0v) is 18.9. The molecule has 8 nitrogen and oxygen atoms in total. The molecule has 168 valence electrons. The molecule has 1 fully saturated rings. The number of carbonyl (C=O) groups is 2. The molecule has 0 bridgehead atoms. The fourth-order valence-electron chi connectivity index (χ4n) is 3.61. The van der Waals surface area contributed by atoms with Crippen molar-refractivity contribution in [3.8, 4) is 5.75 Å². The molecule has 1 N–H and O–H groups in total. The third-order valence-corrected chi connectivity index (χ3v) is 7.08. The summed E-state index contributed by atoms with van der Waals surface area (Å²) < 4.78 is 38.6. The molecule has 0 saturated carbocycles. The predicted molar refractivity (Wildman–Crippen MR) is 116 cm³/mol. The summed E-state index contributed by atoms with van der Waals surface area (Å²) in [5, 5.41) is 2.74. The van der Waals surface area contributed by atoms with Gasteiger partial charge >= 0.3 is 0 Å². The number of benzene rings is 1. The molecular weight excluding hydrogens is 420 g/mol. The number of anilines is 1. The topological polar surface area (TPSA) is 106 Å². The van der Waals surface area contributed by atoms with Crippen molar-refractivity contribution >= 4 is 27.4 Å². The minimum atomic E-state index is -3.71. The van der Waals surface area contributed by atoms with E-state index in [0.29, 0.717) is 48.9 Å². The first kappa shape index (κ1) is 23.0. The molecule has 31 heavy (non-hydrogen) atoms. The van der Waals surface area contributed by atoms with Crippen LogP contribution in [-0.2, 0) is 21.2 Å². The van der Waals surface area contributed by atoms with Crippen LogP contribution in [0.2, 0.25) is 0 Å². The Labute approximate surface area is 182 Å². The van der Waals surface area contributed by atoms with E-state index >= 15 is 0 Å². The van der Waals surface area contributed by atoms with E-state index in [4.69, 9.17) is 9.15 Å². The smallest absolute Gasteiger partial charge is 0.246 e. The van der Waals surface area contributed by atoms with Crippen LogP contribution in [0.5, 0.6) is 5.75 Å². The van der Waals surface area contributed by atoms with E-state index in [1.165, 1.54) is 17.3 Å². The predicted octanol–water partition coefficient (Wildman–Crippen LogP) is 3.55. The number of hydrogen-bond donors (Lipinski definition) is 1. The third kappa shape index (κ3) is 5.34. The van der Waals surface area contributed by atoms with Crippen LogP contribution in [0.4, 0.5) is 5.69 Å². The molecule has 0 atom stereocenters. The van der Waals surface area contributed by atoms with Crippen LogP contribution < -0.4 is 10.1 Å². The fourth-order valence-corrected chi connectivity index (χ4v) is 5.28. The number of aryl methyl sites for hydroxylation is 2. The minimum absolute atomic E-state index is 0.0572. The second-order valence-corrected chi connectivity index (χ2v) is 9.40. The molecular formula is C22H28N2O6S. The molecule has 1 aromatic heterocycles. The lowest BCUT2D eigenvalue weighted by Crippen LogP contribution is -2.28. The first-order chi connectivity index (χ1) is 14.7. The van der Waals surface area contributed by atoms with Gasteiger partial charge in [-0.3, -0.25) is 9.59 Å². The normalized spacial score (nSPS) is 14.5. The second kappa shape index (κ2) is 9.65. The summed E-state index contributed by atoms with van der Waals surface area (Å²) in [5.41, 5.74) is 0.893. The summed E-state index contributed by atoms with van der Waals surface area (Å²) in [6, 6.07) is 6.29. The Balaban J connectivity index is 1.73. The van der Waals surface area contributed by atoms with Crippen molar-refractivity contribution < 1.29 is 27.2 Å². The van der Waals surface area contributed by atoms with Gasteiger partial charge in [0.1, 0.15) is 22.2 Å². The number of carbonyl (C=O) groups excluding carboxylic acids is 2. The first-order valence-corrected chi connectivity index (χ1v) is 11.8. The van der Waals surface area contributed by atoms with Crippen LogP contribution in [0.1, 0.15) is 55.0 Å². The molecule has 1 aliphatic rings. The van der Waals surface area contributed by atoms with E-state index in [1.807, 2.05) is 0 Å². The standard InChI is InChI=1S/C22H28N2O6S/c1-4-29-20-9-7-17(13-21(20)31(27,28)24-11-5-6-12-24)23-22(26)10-8-18-14-19(15(2)25)16(3)30-18/h7,9,13-14H,4-6,8,10-12H2,1-3H3,(H,23,26). The monoisotopic (exact) mass is 448 g/mol. The number of sulfonamides is 1. The SMILES string of the molecule is CCOc1ccc(NC(=O)CCc2cc(C(C)=O)c(C)o2)cc1S(=O)(=O)N1CCCC1. The molecule has 2 aromatic rings. The molecule has 1 amide bonds. The summed E-state index contributed by atoms with van der Waals surface area (Å²) in [6.45, 7) is 6.26. The van der Waals surface area contributed by atoms with Gasteiger partial charge in [-0.2, -0.15) is 4.31 Å². The van der Waals surface area contributed by atoms with E-state index in [0.717, 1.165) is 12.8 Å². The van der Waals surface area contributed by atoms with Crippen LogP contribution in [0.3, 0.4) is 0 Å². The van der Waals surface area contributed by atoms with Crippen molar-refractivity contribution in [2.75, 3.05) is 25.0 Å². The molecule has 1 aliphatic heterocycles. The minimum Gasteiger partial charge on any atom is -0.492 e. The van der Waals surface area contributed by atoms with Crippen molar-refractivity contribution in [2.24, 2.45) is 0 Å². The summed E-state index contributed by atoms with van der Waals surface area (Å²) in [4.78, 5) is 24.0. The van der Waals surface area contributed by atoms with Gasteiger partial charge in [0.05, 0.1) is 12.2 Å². The zero-order chi connectivity index (χ0) is 22.6. The number of ketones is 1. The Morgan fingerprint density at radius 3 is 2.52 bits per heavy atom. The molecule has 0 radical (unpaired) electrons. The lowest BCUT2D eigenvalue weighted by Gasteiger charge is -2.19. The largest absolute Gasteiger partial charge is 0.492 e. The number of nitrogens with zero attached hydrogens (tertiary/aromatic N) is 1. The number of Topliss-reactive ketones (excluding diaryl/α,β-unsaturated/α-hetero) is 1. The number of hydrogen-bond acceptors (Lipinski definition) is 6. The van der Waals surface area contributed by atoms with Gasteiger partial charge in [0, 0.05) is 31.6 Å². The second-order valence-electron chi connectivity index (χ2n) is 7.49. The summed E-state index contributed by atoms with van der Waals surface area (Å²) >= 11 is 0. The van der Waals surface area contributed by atoms with Crippen molar-refractivity contribution in [3.05, 3.63) is 41.3 Å². The van der Waals surface area contributed by atoms with Crippen LogP contribution in [0.15, 0.2) is 33.6 Å². The van der Waals surface area contributed by atoms with Gasteiger partial charge in [-0.25, -0.2) is 8.42 Å². The van der Waals surface area contributed by atoms with E-state index in [-0.39, 0.29) is 28.8 Å². The first-order valence-electron chi connectivity index (χ1n) is 10.4. The van der Waals surface area contributed by atoms with Gasteiger partial charge in [-0.15, -0.1) is 0 Å². The lowest BCUT2D eigenvalue weighted by atomic mass is 10.1. The van der Waals surface area contributed by atoms with E-state index < -0.39 is 10.0 Å². The molecule has 1 saturated heterocycles. The Morgan fingerprint density at radius 1 is 1.19 bits per heavy atom. The summed E-state index contributed by atoms with van der Waals surface area (Å²) in [5.74, 6) is 0.994. The van der Waals surface area contributed by atoms with Crippen LogP contribution in [0.25, 0.3) is 0 Å². The van der Waals surface area contributed by atoms with Gasteiger partial charge in [-0.05, 0) is 57.9 Å². The number of rotatable bonds is 9. The molecule has 3 rings (SSSR count). The molecule has 0 spiro atoms. The number of amides is 1. The Morgan fingerprint density at radius 2 is 1.90 bits per heavy atom. The van der Waals surface area contributed by atoms with Crippen LogP contribution >= 0.6 is 0 Å². The maximum Gasteiger partial charge on any atom is 0.246 e. The molecule has 9 heteroatoms. The Kier molecular flexibility index (Phi) is 7.17. The molecule has 0 aliphatic carbocycles. The highest BCUT2D eigenvalue weighted by Crippen LogP contribution is 2.31. The maximum absolute atomic E-state index is 13.1. The molecule has 1 aromatic carbocycles. The van der Waals surface area contributed by atoms with Crippen LogP contribution in [-0.4, -0.2) is 44.1 Å². The van der Waals surface area contributed by atoms with Crippen molar-refractivity contribution in [3.63, 3.8) is 0 Å². The van der Waals surface area contributed by atoms with Gasteiger partial charge in [0.25, 0.3) is 0 Å². The number of nitrogens with one attached hydrogen (secondary N) is 1. The van der Waals surface area contributed by atoms with Gasteiger partial charge in [-0.1, -0.05) is 0 Å². The fraction of sp³-hybridized carbons (Fsp3) is 0.455. The van der Waals surface area contributed by atoms with Crippen molar-refractivity contribution in [1.82, 2.24) is 4.31 Å². The third-order valence-electron chi connectivity index (χ3n) is 5.16. The van der Waals surface area contributed by atoms with E-state index in [9.17, 15) is 18.0 Å². The number of furan rings is 1. The van der Waals surface area contributed by atoms with Gasteiger partial charge in [0.2, 0.25) is 15.9 Å². The quantitative estimate of drug-likeness (QED) is 0.588. The average Bonchev–Trinajstić information content (AvgIpc) is 3.38. The summed E-state index contributed by atoms with van der Waals surface area (Å²) in [6.07, 6.45) is 2.12. The Bertz CT molecular complexity index is 1070. The average molecular weight is 449 g/mol. The summed E-state index contributed by atoms with van der Waals surface area (Å²) in [7, 11) is -3.71. The van der Waals surface area contributed by atoms with Gasteiger partial charge in [0.15, 0.2) is 5.78 Å².